The van der Waals surface area contributed by atoms with E-state index in [0.29, 0.717) is 5.95 Å². The van der Waals surface area contributed by atoms with Gasteiger partial charge in [-0.25, -0.2) is 4.98 Å². The molecule has 4 nitrogen and oxygen atoms in total. The first-order chi connectivity index (χ1) is 7.65. The van der Waals surface area contributed by atoms with E-state index >= 15 is 0 Å². The Morgan fingerprint density at radius 3 is 2.88 bits per heavy atom. The van der Waals surface area contributed by atoms with Crippen molar-refractivity contribution < 1.29 is 0 Å². The SMILES string of the molecule is Cc1cc(N[C@@H](C)c2cccs2)nc(N)n1. The molecule has 0 unspecified atom stereocenters. The van der Waals surface area contributed by atoms with Crippen LogP contribution in [0.2, 0.25) is 0 Å². The van der Waals surface area contributed by atoms with E-state index in [1.807, 2.05) is 19.1 Å². The molecule has 0 saturated heterocycles. The van der Waals surface area contributed by atoms with Crippen LogP contribution in [0.5, 0.6) is 0 Å². The van der Waals surface area contributed by atoms with E-state index in [0.717, 1.165) is 11.5 Å². The number of nitrogens with zero attached hydrogens (tertiary/aromatic N) is 2. The molecule has 84 valence electrons. The van der Waals surface area contributed by atoms with Gasteiger partial charge in [0, 0.05) is 16.6 Å². The van der Waals surface area contributed by atoms with Gasteiger partial charge in [-0.15, -0.1) is 11.3 Å². The average Bonchev–Trinajstić information content (AvgIpc) is 2.68. The molecule has 2 aromatic rings. The molecule has 2 aromatic heterocycles. The van der Waals surface area contributed by atoms with Crippen LogP contribution in [0.4, 0.5) is 11.8 Å². The summed E-state index contributed by atoms with van der Waals surface area (Å²) in [4.78, 5) is 9.45. The molecule has 2 heterocycles. The molecule has 0 fully saturated rings. The standard InChI is InChI=1S/C11H14N4S/c1-7-6-10(15-11(12)13-7)14-8(2)9-4-3-5-16-9/h3-6,8H,1-2H3,(H3,12,13,14,15)/t8-/m0/s1. The highest BCUT2D eigenvalue weighted by molar-refractivity contribution is 7.10. The second-order valence-corrected chi connectivity index (χ2v) is 4.61. The predicted molar refractivity (Wildman–Crippen MR) is 67.5 cm³/mol. The third kappa shape index (κ3) is 2.49. The Kier molecular flexibility index (Phi) is 3.05. The van der Waals surface area contributed by atoms with Crippen LogP contribution in [-0.2, 0) is 0 Å². The average molecular weight is 234 g/mol. The molecule has 16 heavy (non-hydrogen) atoms. The fourth-order valence-electron chi connectivity index (χ4n) is 1.50. The quantitative estimate of drug-likeness (QED) is 0.856. The molecule has 0 amide bonds. The molecule has 0 aliphatic carbocycles. The number of hydrogen-bond donors (Lipinski definition) is 2. The Hall–Kier alpha value is -1.62. The van der Waals surface area contributed by atoms with Crippen LogP contribution < -0.4 is 11.1 Å². The fourth-order valence-corrected chi connectivity index (χ4v) is 2.23. The first-order valence-corrected chi connectivity index (χ1v) is 5.94. The lowest BCUT2D eigenvalue weighted by Gasteiger charge is -2.13. The summed E-state index contributed by atoms with van der Waals surface area (Å²) in [7, 11) is 0. The minimum atomic E-state index is 0.230. The number of nitrogens with one attached hydrogen (secondary N) is 1. The Bertz CT molecular complexity index is 447. The molecule has 0 bridgehead atoms. The van der Waals surface area contributed by atoms with Crippen LogP contribution >= 0.6 is 11.3 Å². The van der Waals surface area contributed by atoms with Crippen molar-refractivity contribution >= 4 is 23.1 Å². The summed E-state index contributed by atoms with van der Waals surface area (Å²) < 4.78 is 0. The van der Waals surface area contributed by atoms with Crippen molar-refractivity contribution in [2.24, 2.45) is 0 Å². The van der Waals surface area contributed by atoms with Gasteiger partial charge in [0.2, 0.25) is 5.95 Å². The normalized spacial score (nSPS) is 12.4. The van der Waals surface area contributed by atoms with Gasteiger partial charge in [-0.2, -0.15) is 4.98 Å². The molecule has 5 heteroatoms. The highest BCUT2D eigenvalue weighted by Gasteiger charge is 2.07. The molecule has 0 saturated carbocycles. The van der Waals surface area contributed by atoms with Gasteiger partial charge < -0.3 is 11.1 Å². The van der Waals surface area contributed by atoms with Crippen LogP contribution in [-0.4, -0.2) is 9.97 Å². The van der Waals surface area contributed by atoms with Gasteiger partial charge in [0.05, 0.1) is 6.04 Å². The van der Waals surface area contributed by atoms with E-state index in [4.69, 9.17) is 5.73 Å². The molecule has 3 N–H and O–H groups in total. The van der Waals surface area contributed by atoms with Crippen molar-refractivity contribution in [2.45, 2.75) is 19.9 Å². The van der Waals surface area contributed by atoms with Crippen LogP contribution in [0.25, 0.3) is 0 Å². The molecule has 0 radical (unpaired) electrons. The highest BCUT2D eigenvalue weighted by Crippen LogP contribution is 2.22. The number of nitrogens with two attached hydrogens (primary N) is 1. The molecule has 0 aliphatic rings. The van der Waals surface area contributed by atoms with Crippen LogP contribution in [0.15, 0.2) is 23.6 Å². The van der Waals surface area contributed by atoms with E-state index in [-0.39, 0.29) is 6.04 Å². The van der Waals surface area contributed by atoms with Crippen molar-refractivity contribution in [1.82, 2.24) is 9.97 Å². The Balaban J connectivity index is 2.15. The van der Waals surface area contributed by atoms with Crippen molar-refractivity contribution in [1.29, 1.82) is 0 Å². The topological polar surface area (TPSA) is 63.8 Å². The number of rotatable bonds is 3. The van der Waals surface area contributed by atoms with Gasteiger partial charge in [0.1, 0.15) is 5.82 Å². The number of thiophene rings is 1. The first kappa shape index (κ1) is 10.9. The predicted octanol–water partition coefficient (Wildman–Crippen LogP) is 2.60. The number of aryl methyl sites for hydroxylation is 1. The van der Waals surface area contributed by atoms with E-state index < -0.39 is 0 Å². The zero-order chi connectivity index (χ0) is 11.5. The van der Waals surface area contributed by atoms with Crippen LogP contribution in [0.1, 0.15) is 23.5 Å². The molecule has 0 aliphatic heterocycles. The summed E-state index contributed by atoms with van der Waals surface area (Å²) in [6.07, 6.45) is 0. The Morgan fingerprint density at radius 2 is 2.25 bits per heavy atom. The summed E-state index contributed by atoms with van der Waals surface area (Å²) >= 11 is 1.72. The van der Waals surface area contributed by atoms with Crippen LogP contribution in [0.3, 0.4) is 0 Å². The summed E-state index contributed by atoms with van der Waals surface area (Å²) in [6.45, 7) is 4.00. The number of nitrogen functional groups attached to an aromatic ring is 1. The third-order valence-electron chi connectivity index (χ3n) is 2.21. The maximum absolute atomic E-state index is 5.59. The Morgan fingerprint density at radius 1 is 1.44 bits per heavy atom. The van der Waals surface area contributed by atoms with Crippen molar-refractivity contribution in [2.75, 3.05) is 11.1 Å². The zero-order valence-corrected chi connectivity index (χ0v) is 10.1. The van der Waals surface area contributed by atoms with Gasteiger partial charge >= 0.3 is 0 Å². The third-order valence-corrected chi connectivity index (χ3v) is 3.26. The minimum absolute atomic E-state index is 0.230. The Labute approximate surface area is 98.6 Å². The van der Waals surface area contributed by atoms with Gasteiger partial charge in [0.25, 0.3) is 0 Å². The second kappa shape index (κ2) is 4.49. The zero-order valence-electron chi connectivity index (χ0n) is 9.27. The molecule has 0 spiro atoms. The monoisotopic (exact) mass is 234 g/mol. The van der Waals surface area contributed by atoms with Crippen LogP contribution in [0, 0.1) is 6.92 Å². The van der Waals surface area contributed by atoms with E-state index in [1.54, 1.807) is 11.3 Å². The van der Waals surface area contributed by atoms with Gasteiger partial charge in [-0.3, -0.25) is 0 Å². The minimum Gasteiger partial charge on any atom is -0.368 e. The lowest BCUT2D eigenvalue weighted by molar-refractivity contribution is 0.892. The molecular weight excluding hydrogens is 220 g/mol. The summed E-state index contributed by atoms with van der Waals surface area (Å²) in [5.74, 6) is 1.08. The van der Waals surface area contributed by atoms with E-state index in [2.05, 4.69) is 33.7 Å². The lowest BCUT2D eigenvalue weighted by atomic mass is 10.2. The molecule has 0 aromatic carbocycles. The summed E-state index contributed by atoms with van der Waals surface area (Å²) in [5.41, 5.74) is 6.46. The summed E-state index contributed by atoms with van der Waals surface area (Å²) in [6, 6.07) is 6.26. The molecular formula is C11H14N4S. The number of aromatic nitrogens is 2. The maximum atomic E-state index is 5.59. The highest BCUT2D eigenvalue weighted by atomic mass is 32.1. The van der Waals surface area contributed by atoms with Crippen molar-refractivity contribution in [3.05, 3.63) is 34.2 Å². The summed E-state index contributed by atoms with van der Waals surface area (Å²) in [5, 5.41) is 5.37. The second-order valence-electron chi connectivity index (χ2n) is 3.63. The largest absolute Gasteiger partial charge is 0.368 e. The van der Waals surface area contributed by atoms with E-state index in [9.17, 15) is 0 Å². The number of anilines is 2. The number of hydrogen-bond acceptors (Lipinski definition) is 5. The van der Waals surface area contributed by atoms with Gasteiger partial charge in [-0.1, -0.05) is 6.07 Å². The maximum Gasteiger partial charge on any atom is 0.222 e. The van der Waals surface area contributed by atoms with Gasteiger partial charge in [0.15, 0.2) is 0 Å². The van der Waals surface area contributed by atoms with Crippen molar-refractivity contribution in [3.63, 3.8) is 0 Å². The van der Waals surface area contributed by atoms with Gasteiger partial charge in [-0.05, 0) is 25.3 Å². The van der Waals surface area contributed by atoms with Crippen molar-refractivity contribution in [3.8, 4) is 0 Å². The molecule has 2 rings (SSSR count). The van der Waals surface area contributed by atoms with E-state index in [1.165, 1.54) is 4.88 Å². The first-order valence-electron chi connectivity index (χ1n) is 5.06. The lowest BCUT2D eigenvalue weighted by Crippen LogP contribution is -2.08. The fraction of sp³-hybridized carbons (Fsp3) is 0.273. The molecule has 1 atom stereocenters. The smallest absolute Gasteiger partial charge is 0.222 e.